The maximum atomic E-state index is 14.1. The highest BCUT2D eigenvalue weighted by atomic mass is 35.5. The van der Waals surface area contributed by atoms with Gasteiger partial charge in [-0.1, -0.05) is 11.6 Å². The minimum absolute atomic E-state index is 0.0444. The van der Waals surface area contributed by atoms with E-state index < -0.39 is 11.7 Å². The molecule has 100 valence electrons. The van der Waals surface area contributed by atoms with Crippen LogP contribution >= 0.6 is 11.6 Å². The highest BCUT2D eigenvalue weighted by Gasteiger charge is 2.23. The van der Waals surface area contributed by atoms with E-state index in [0.29, 0.717) is 0 Å². The van der Waals surface area contributed by atoms with Crippen molar-refractivity contribution in [3.63, 3.8) is 0 Å². The number of hydrogen-bond acceptors (Lipinski definition) is 4. The Bertz CT molecular complexity index is 479. The third-order valence-corrected chi connectivity index (χ3v) is 2.86. The van der Waals surface area contributed by atoms with Gasteiger partial charge in [-0.3, -0.25) is 4.79 Å². The summed E-state index contributed by atoms with van der Waals surface area (Å²) in [5.74, 6) is -1.33. The third-order valence-electron chi connectivity index (χ3n) is 2.48. The maximum absolute atomic E-state index is 14.1. The van der Waals surface area contributed by atoms with Crippen LogP contribution < -0.4 is 22.1 Å². The van der Waals surface area contributed by atoms with Crippen LogP contribution in [0.5, 0.6) is 0 Å². The van der Waals surface area contributed by atoms with Crippen molar-refractivity contribution in [2.45, 2.75) is 19.9 Å². The highest BCUT2D eigenvalue weighted by Crippen LogP contribution is 2.36. The number of carbonyl (C=O) groups is 1. The van der Waals surface area contributed by atoms with Crippen LogP contribution in [-0.4, -0.2) is 18.5 Å². The second-order valence-corrected chi connectivity index (χ2v) is 4.60. The Morgan fingerprint density at radius 3 is 2.44 bits per heavy atom. The van der Waals surface area contributed by atoms with E-state index in [1.54, 1.807) is 13.8 Å². The predicted octanol–water partition coefficient (Wildman–Crippen LogP) is 1.34. The van der Waals surface area contributed by atoms with E-state index in [4.69, 9.17) is 28.8 Å². The number of hydrogen-bond donors (Lipinski definition) is 3. The van der Waals surface area contributed by atoms with Crippen LogP contribution in [0.1, 0.15) is 13.8 Å². The first-order valence-corrected chi connectivity index (χ1v) is 5.71. The van der Waals surface area contributed by atoms with E-state index in [0.717, 1.165) is 0 Å². The van der Waals surface area contributed by atoms with E-state index in [1.807, 2.05) is 0 Å². The topological polar surface area (TPSA) is 98.4 Å². The van der Waals surface area contributed by atoms with E-state index >= 15 is 0 Å². The molecule has 1 amide bonds. The number of halogens is 2. The Labute approximate surface area is 110 Å². The molecule has 0 unspecified atom stereocenters. The maximum Gasteiger partial charge on any atom is 0.236 e. The number of amides is 1. The second kappa shape index (κ2) is 5.30. The number of rotatable bonds is 4. The molecule has 0 saturated carbocycles. The van der Waals surface area contributed by atoms with Gasteiger partial charge in [-0.2, -0.15) is 0 Å². The summed E-state index contributed by atoms with van der Waals surface area (Å²) < 4.78 is 14.1. The number of benzene rings is 1. The molecule has 0 aromatic heterocycles. The molecule has 0 saturated heterocycles. The number of nitrogen functional groups attached to an aromatic ring is 2. The van der Waals surface area contributed by atoms with Crippen LogP contribution in [0, 0.1) is 5.82 Å². The number of anilines is 3. The van der Waals surface area contributed by atoms with Gasteiger partial charge < -0.3 is 22.1 Å². The SMILES string of the molecule is CC(C)N(CC(N)=O)c1c(N)cc(N)c(Cl)c1F. The van der Waals surface area contributed by atoms with E-state index in [9.17, 15) is 9.18 Å². The summed E-state index contributed by atoms with van der Waals surface area (Å²) in [6, 6.07) is 1.19. The second-order valence-electron chi connectivity index (χ2n) is 4.22. The molecular weight excluding hydrogens is 259 g/mol. The average molecular weight is 275 g/mol. The monoisotopic (exact) mass is 274 g/mol. The lowest BCUT2D eigenvalue weighted by Gasteiger charge is -2.29. The summed E-state index contributed by atoms with van der Waals surface area (Å²) >= 11 is 5.74. The smallest absolute Gasteiger partial charge is 0.236 e. The third kappa shape index (κ3) is 2.76. The van der Waals surface area contributed by atoms with Crippen LogP contribution in [0.25, 0.3) is 0 Å². The van der Waals surface area contributed by atoms with Crippen molar-refractivity contribution in [2.75, 3.05) is 22.9 Å². The van der Waals surface area contributed by atoms with Gasteiger partial charge in [-0.15, -0.1) is 0 Å². The molecule has 0 atom stereocenters. The van der Waals surface area contributed by atoms with Crippen molar-refractivity contribution in [1.29, 1.82) is 0 Å². The van der Waals surface area contributed by atoms with Gasteiger partial charge >= 0.3 is 0 Å². The fraction of sp³-hybridized carbons (Fsp3) is 0.364. The van der Waals surface area contributed by atoms with Crippen molar-refractivity contribution in [3.05, 3.63) is 16.9 Å². The van der Waals surface area contributed by atoms with Crippen LogP contribution in [0.2, 0.25) is 5.02 Å². The first-order valence-electron chi connectivity index (χ1n) is 5.33. The van der Waals surface area contributed by atoms with Crippen molar-refractivity contribution >= 4 is 34.6 Å². The number of nitrogens with zero attached hydrogens (tertiary/aromatic N) is 1. The molecular formula is C11H16ClFN4O. The fourth-order valence-electron chi connectivity index (χ4n) is 1.64. The molecule has 1 aromatic carbocycles. The predicted molar refractivity (Wildman–Crippen MR) is 71.9 cm³/mol. The van der Waals surface area contributed by atoms with Crippen molar-refractivity contribution in [2.24, 2.45) is 5.73 Å². The lowest BCUT2D eigenvalue weighted by molar-refractivity contribution is -0.116. The molecule has 0 spiro atoms. The molecule has 6 N–H and O–H groups in total. The summed E-state index contributed by atoms with van der Waals surface area (Å²) in [5, 5.41) is -0.214. The first kappa shape index (κ1) is 14.4. The van der Waals surface area contributed by atoms with Gasteiger partial charge in [0.15, 0.2) is 5.82 Å². The molecule has 0 aliphatic rings. The average Bonchev–Trinajstić information content (AvgIpc) is 2.24. The summed E-state index contributed by atoms with van der Waals surface area (Å²) in [7, 11) is 0. The lowest BCUT2D eigenvalue weighted by atomic mass is 10.1. The summed E-state index contributed by atoms with van der Waals surface area (Å²) in [4.78, 5) is 12.5. The number of carbonyl (C=O) groups excluding carboxylic acids is 1. The molecule has 1 aromatic rings. The normalized spacial score (nSPS) is 10.7. The Morgan fingerprint density at radius 2 is 2.00 bits per heavy atom. The van der Waals surface area contributed by atoms with Crippen molar-refractivity contribution < 1.29 is 9.18 Å². The molecule has 0 radical (unpaired) electrons. The highest BCUT2D eigenvalue weighted by molar-refractivity contribution is 6.33. The molecule has 0 bridgehead atoms. The van der Waals surface area contributed by atoms with E-state index in [1.165, 1.54) is 11.0 Å². The minimum Gasteiger partial charge on any atom is -0.397 e. The number of nitrogens with two attached hydrogens (primary N) is 3. The molecule has 18 heavy (non-hydrogen) atoms. The molecule has 0 aliphatic carbocycles. The van der Waals surface area contributed by atoms with Gasteiger partial charge in [-0.25, -0.2) is 4.39 Å². The number of primary amides is 1. The lowest BCUT2D eigenvalue weighted by Crippen LogP contribution is -2.39. The van der Waals surface area contributed by atoms with Gasteiger partial charge in [0.2, 0.25) is 5.91 Å². The van der Waals surface area contributed by atoms with E-state index in [2.05, 4.69) is 0 Å². The zero-order chi connectivity index (χ0) is 14.0. The molecule has 7 heteroatoms. The summed E-state index contributed by atoms with van der Waals surface area (Å²) in [6.45, 7) is 3.41. The first-order chi connectivity index (χ1) is 8.25. The van der Waals surface area contributed by atoms with E-state index in [-0.39, 0.29) is 34.7 Å². The Hall–Kier alpha value is -1.69. The zero-order valence-electron chi connectivity index (χ0n) is 10.2. The molecule has 1 rings (SSSR count). The van der Waals surface area contributed by atoms with Gasteiger partial charge in [0.1, 0.15) is 5.02 Å². The molecule has 0 aliphatic heterocycles. The van der Waals surface area contributed by atoms with Crippen LogP contribution in [0.4, 0.5) is 21.5 Å². The van der Waals surface area contributed by atoms with Crippen LogP contribution in [0.15, 0.2) is 6.07 Å². The Morgan fingerprint density at radius 1 is 1.44 bits per heavy atom. The quantitative estimate of drug-likeness (QED) is 0.722. The standard InChI is InChI=1S/C11H16ClFN4O/c1-5(2)17(4-8(16)18)11-7(15)3-6(14)9(12)10(11)13/h3,5H,4,14-15H2,1-2H3,(H2,16,18). The summed E-state index contributed by atoms with van der Waals surface area (Å²) in [6.07, 6.45) is 0. The zero-order valence-corrected chi connectivity index (χ0v) is 11.0. The van der Waals surface area contributed by atoms with Gasteiger partial charge in [0, 0.05) is 6.04 Å². The Kier molecular flexibility index (Phi) is 4.24. The van der Waals surface area contributed by atoms with Crippen LogP contribution in [-0.2, 0) is 4.79 Å². The van der Waals surface area contributed by atoms with Gasteiger partial charge in [-0.05, 0) is 19.9 Å². The molecule has 0 heterocycles. The largest absolute Gasteiger partial charge is 0.397 e. The Balaban J connectivity index is 3.36. The van der Waals surface area contributed by atoms with Crippen molar-refractivity contribution in [1.82, 2.24) is 0 Å². The van der Waals surface area contributed by atoms with Crippen molar-refractivity contribution in [3.8, 4) is 0 Å². The van der Waals surface area contributed by atoms with Gasteiger partial charge in [0.05, 0.1) is 23.6 Å². The fourth-order valence-corrected chi connectivity index (χ4v) is 1.78. The van der Waals surface area contributed by atoms with Gasteiger partial charge in [0.25, 0.3) is 0 Å². The molecule has 5 nitrogen and oxygen atoms in total. The molecule has 0 fully saturated rings. The summed E-state index contributed by atoms with van der Waals surface area (Å²) in [5.41, 5.74) is 16.6. The van der Waals surface area contributed by atoms with Crippen LogP contribution in [0.3, 0.4) is 0 Å². The minimum atomic E-state index is -0.746.